The summed E-state index contributed by atoms with van der Waals surface area (Å²) in [6.45, 7) is 3.87. The first-order valence-electron chi connectivity index (χ1n) is 5.84. The highest BCUT2D eigenvalue weighted by atomic mass is 16.5. The van der Waals surface area contributed by atoms with E-state index in [1.54, 1.807) is 7.11 Å². The zero-order valence-electron chi connectivity index (χ0n) is 10.0. The lowest BCUT2D eigenvalue weighted by atomic mass is 9.90. The van der Waals surface area contributed by atoms with Crippen molar-refractivity contribution in [3.63, 3.8) is 0 Å². The summed E-state index contributed by atoms with van der Waals surface area (Å²) in [5.41, 5.74) is -0.559. The van der Waals surface area contributed by atoms with E-state index in [9.17, 15) is 5.26 Å². The lowest BCUT2D eigenvalue weighted by molar-refractivity contribution is 0.0545. The van der Waals surface area contributed by atoms with E-state index in [1.165, 1.54) is 32.1 Å². The fourth-order valence-electron chi connectivity index (χ4n) is 2.15. The van der Waals surface area contributed by atoms with Gasteiger partial charge in [0.05, 0.1) is 12.2 Å². The van der Waals surface area contributed by atoms with Crippen molar-refractivity contribution < 1.29 is 4.74 Å². The fourth-order valence-corrected chi connectivity index (χ4v) is 2.15. The van der Waals surface area contributed by atoms with E-state index >= 15 is 0 Å². The van der Waals surface area contributed by atoms with Gasteiger partial charge in [-0.25, -0.2) is 0 Å². The number of nitrogens with one attached hydrogen (secondary N) is 1. The van der Waals surface area contributed by atoms with Crippen molar-refractivity contribution in [3.05, 3.63) is 0 Å². The molecule has 86 valence electrons. The molecule has 1 aliphatic rings. The van der Waals surface area contributed by atoms with Crippen LogP contribution in [0.15, 0.2) is 0 Å². The minimum Gasteiger partial charge on any atom is -0.379 e. The number of methoxy groups -OCH3 is 1. The van der Waals surface area contributed by atoms with Crippen LogP contribution < -0.4 is 5.32 Å². The Labute approximate surface area is 92.8 Å². The molecule has 1 aliphatic carbocycles. The molecule has 0 aliphatic heterocycles. The number of nitriles is 1. The standard InChI is InChI=1S/C12H22N2O/c1-10(15-3)12(2,9-13)14-11-7-5-4-6-8-11/h10-11,14H,4-8H2,1-3H3. The molecule has 0 aromatic carbocycles. The van der Waals surface area contributed by atoms with Crippen molar-refractivity contribution in [2.75, 3.05) is 7.11 Å². The van der Waals surface area contributed by atoms with Gasteiger partial charge in [0.1, 0.15) is 5.54 Å². The molecule has 0 aromatic heterocycles. The third-order valence-electron chi connectivity index (χ3n) is 3.51. The normalized spacial score (nSPS) is 24.1. The van der Waals surface area contributed by atoms with Gasteiger partial charge in [0, 0.05) is 13.2 Å². The largest absolute Gasteiger partial charge is 0.379 e. The molecule has 0 aromatic rings. The lowest BCUT2D eigenvalue weighted by Gasteiger charge is -2.35. The van der Waals surface area contributed by atoms with Gasteiger partial charge in [-0.3, -0.25) is 5.32 Å². The minimum atomic E-state index is -0.559. The van der Waals surface area contributed by atoms with Crippen LogP contribution in [0.2, 0.25) is 0 Å². The number of nitrogens with zero attached hydrogens (tertiary/aromatic N) is 1. The Morgan fingerprint density at radius 2 is 2.00 bits per heavy atom. The van der Waals surface area contributed by atoms with E-state index in [0.29, 0.717) is 6.04 Å². The zero-order chi connectivity index (χ0) is 11.3. The summed E-state index contributed by atoms with van der Waals surface area (Å²) in [7, 11) is 1.66. The van der Waals surface area contributed by atoms with Gasteiger partial charge in [0.25, 0.3) is 0 Å². The van der Waals surface area contributed by atoms with Gasteiger partial charge in [0.2, 0.25) is 0 Å². The van der Waals surface area contributed by atoms with Crippen LogP contribution in [0, 0.1) is 11.3 Å². The highest BCUT2D eigenvalue weighted by molar-refractivity contribution is 5.09. The molecular weight excluding hydrogens is 188 g/mol. The summed E-state index contributed by atoms with van der Waals surface area (Å²) in [6, 6.07) is 2.83. The minimum absolute atomic E-state index is 0.0792. The molecule has 1 fully saturated rings. The van der Waals surface area contributed by atoms with E-state index in [0.717, 1.165) is 0 Å². The molecule has 1 saturated carbocycles. The van der Waals surface area contributed by atoms with Crippen molar-refractivity contribution in [3.8, 4) is 6.07 Å². The molecule has 0 heterocycles. The Kier molecular flexibility index (Phi) is 4.56. The summed E-state index contributed by atoms with van der Waals surface area (Å²) in [4.78, 5) is 0. The third kappa shape index (κ3) is 3.19. The third-order valence-corrected chi connectivity index (χ3v) is 3.51. The quantitative estimate of drug-likeness (QED) is 0.774. The van der Waals surface area contributed by atoms with E-state index in [1.807, 2.05) is 13.8 Å². The van der Waals surface area contributed by atoms with Gasteiger partial charge in [-0.15, -0.1) is 0 Å². The molecule has 2 unspecified atom stereocenters. The predicted octanol–water partition coefficient (Wildman–Crippen LogP) is 2.23. The zero-order valence-corrected chi connectivity index (χ0v) is 10.0. The van der Waals surface area contributed by atoms with E-state index < -0.39 is 5.54 Å². The van der Waals surface area contributed by atoms with Gasteiger partial charge >= 0.3 is 0 Å². The van der Waals surface area contributed by atoms with Crippen molar-refractivity contribution in [2.24, 2.45) is 0 Å². The molecule has 2 atom stereocenters. The average molecular weight is 210 g/mol. The Bertz CT molecular complexity index is 230. The van der Waals surface area contributed by atoms with E-state index in [4.69, 9.17) is 4.74 Å². The average Bonchev–Trinajstić information content (AvgIpc) is 2.29. The smallest absolute Gasteiger partial charge is 0.130 e. The SMILES string of the molecule is COC(C)C(C)(C#N)NC1CCCCC1. The molecule has 0 bridgehead atoms. The van der Waals surface area contributed by atoms with Crippen molar-refractivity contribution in [1.82, 2.24) is 5.32 Å². The highest BCUT2D eigenvalue weighted by Gasteiger charge is 2.33. The van der Waals surface area contributed by atoms with Crippen molar-refractivity contribution in [2.45, 2.75) is 63.6 Å². The van der Waals surface area contributed by atoms with Crippen LogP contribution in [0.1, 0.15) is 46.0 Å². The van der Waals surface area contributed by atoms with E-state index in [2.05, 4.69) is 11.4 Å². The molecular formula is C12H22N2O. The van der Waals surface area contributed by atoms with Crippen LogP contribution in [0.25, 0.3) is 0 Å². The molecule has 1 rings (SSSR count). The summed E-state index contributed by atoms with van der Waals surface area (Å²) in [5, 5.41) is 12.7. The highest BCUT2D eigenvalue weighted by Crippen LogP contribution is 2.21. The second kappa shape index (κ2) is 5.48. The van der Waals surface area contributed by atoms with Crippen LogP contribution in [0.5, 0.6) is 0 Å². The first kappa shape index (κ1) is 12.5. The van der Waals surface area contributed by atoms with Gasteiger partial charge in [0.15, 0.2) is 0 Å². The Hall–Kier alpha value is -0.590. The van der Waals surface area contributed by atoms with Crippen LogP contribution >= 0.6 is 0 Å². The van der Waals surface area contributed by atoms with Gasteiger partial charge in [-0.05, 0) is 26.7 Å². The molecule has 3 heteroatoms. The van der Waals surface area contributed by atoms with Crippen LogP contribution in [0.3, 0.4) is 0 Å². The topological polar surface area (TPSA) is 45.0 Å². The molecule has 0 radical (unpaired) electrons. The molecule has 1 N–H and O–H groups in total. The number of ether oxygens (including phenoxy) is 1. The lowest BCUT2D eigenvalue weighted by Crippen LogP contribution is -2.55. The van der Waals surface area contributed by atoms with Gasteiger partial charge in [-0.2, -0.15) is 5.26 Å². The summed E-state index contributed by atoms with van der Waals surface area (Å²) >= 11 is 0. The second-order valence-corrected chi connectivity index (χ2v) is 4.67. The van der Waals surface area contributed by atoms with E-state index in [-0.39, 0.29) is 6.10 Å². The summed E-state index contributed by atoms with van der Waals surface area (Å²) in [5.74, 6) is 0. The Morgan fingerprint density at radius 3 is 2.47 bits per heavy atom. The number of hydrogen-bond donors (Lipinski definition) is 1. The summed E-state index contributed by atoms with van der Waals surface area (Å²) in [6.07, 6.45) is 6.19. The second-order valence-electron chi connectivity index (χ2n) is 4.67. The first-order valence-corrected chi connectivity index (χ1v) is 5.84. The molecule has 0 amide bonds. The maximum Gasteiger partial charge on any atom is 0.130 e. The maximum atomic E-state index is 9.22. The maximum absolute atomic E-state index is 9.22. The van der Waals surface area contributed by atoms with Gasteiger partial charge < -0.3 is 4.74 Å². The predicted molar refractivity (Wildman–Crippen MR) is 60.5 cm³/mol. The molecule has 15 heavy (non-hydrogen) atoms. The van der Waals surface area contributed by atoms with Crippen LogP contribution in [-0.2, 0) is 4.74 Å². The number of rotatable bonds is 4. The van der Waals surface area contributed by atoms with Crippen molar-refractivity contribution in [1.29, 1.82) is 5.26 Å². The molecule has 0 saturated heterocycles. The fraction of sp³-hybridized carbons (Fsp3) is 0.917. The van der Waals surface area contributed by atoms with Gasteiger partial charge in [-0.1, -0.05) is 19.3 Å². The van der Waals surface area contributed by atoms with Crippen molar-refractivity contribution >= 4 is 0 Å². The Balaban J connectivity index is 2.55. The number of hydrogen-bond acceptors (Lipinski definition) is 3. The molecule has 3 nitrogen and oxygen atoms in total. The Morgan fingerprint density at radius 1 is 1.40 bits per heavy atom. The van der Waals surface area contributed by atoms with Crippen LogP contribution in [-0.4, -0.2) is 24.8 Å². The summed E-state index contributed by atoms with van der Waals surface area (Å²) < 4.78 is 5.26. The molecule has 0 spiro atoms. The monoisotopic (exact) mass is 210 g/mol. The van der Waals surface area contributed by atoms with Crippen LogP contribution in [0.4, 0.5) is 0 Å². The first-order chi connectivity index (χ1) is 7.12.